The van der Waals surface area contributed by atoms with Crippen LogP contribution in [0, 0.1) is 6.92 Å². The highest BCUT2D eigenvalue weighted by molar-refractivity contribution is 7.11. The van der Waals surface area contributed by atoms with Crippen LogP contribution in [0.2, 0.25) is 0 Å². The first-order valence-corrected chi connectivity index (χ1v) is 6.98. The minimum atomic E-state index is 0.205. The van der Waals surface area contributed by atoms with Crippen molar-refractivity contribution in [2.24, 2.45) is 0 Å². The minimum absolute atomic E-state index is 0.205. The lowest BCUT2D eigenvalue weighted by molar-refractivity contribution is 0.869. The Labute approximate surface area is 112 Å². The van der Waals surface area contributed by atoms with Gasteiger partial charge < -0.3 is 11.1 Å². The van der Waals surface area contributed by atoms with E-state index in [1.54, 1.807) is 11.3 Å². The number of benzene rings is 1. The number of nitrogens with one attached hydrogen (secondary N) is 1. The van der Waals surface area contributed by atoms with Crippen LogP contribution in [-0.2, 0) is 6.42 Å². The van der Waals surface area contributed by atoms with E-state index in [0.717, 1.165) is 28.4 Å². The van der Waals surface area contributed by atoms with Gasteiger partial charge in [-0.05, 0) is 44.0 Å². The maximum absolute atomic E-state index is 5.85. The van der Waals surface area contributed by atoms with Gasteiger partial charge in [0.15, 0.2) is 0 Å². The summed E-state index contributed by atoms with van der Waals surface area (Å²) in [5, 5.41) is 4.56. The van der Waals surface area contributed by atoms with Crippen molar-refractivity contribution in [3.8, 4) is 0 Å². The highest BCUT2D eigenvalue weighted by atomic mass is 32.1. The zero-order valence-electron chi connectivity index (χ0n) is 11.0. The van der Waals surface area contributed by atoms with Crippen LogP contribution in [0.3, 0.4) is 0 Å². The molecule has 18 heavy (non-hydrogen) atoms. The molecule has 1 heterocycles. The van der Waals surface area contributed by atoms with Crippen LogP contribution in [0.25, 0.3) is 0 Å². The third kappa shape index (κ3) is 3.01. The van der Waals surface area contributed by atoms with E-state index in [9.17, 15) is 0 Å². The van der Waals surface area contributed by atoms with Crippen LogP contribution in [0.4, 0.5) is 11.4 Å². The molecule has 0 aliphatic heterocycles. The van der Waals surface area contributed by atoms with E-state index in [4.69, 9.17) is 5.73 Å². The van der Waals surface area contributed by atoms with Crippen molar-refractivity contribution in [3.05, 3.63) is 39.8 Å². The second kappa shape index (κ2) is 5.40. The summed E-state index contributed by atoms with van der Waals surface area (Å²) in [6.07, 6.45) is 3.00. The Kier molecular flexibility index (Phi) is 3.87. The number of rotatable bonds is 4. The standard InChI is InChI=1S/C14H19N3S/c1-4-13-8-16-14(18-13)10(3)17-12-6-9(2)5-11(15)7-12/h5-8,10,17H,4,15H2,1-3H3. The molecule has 0 fully saturated rings. The fraction of sp³-hybridized carbons (Fsp3) is 0.357. The Bertz CT molecular complexity index is 513. The largest absolute Gasteiger partial charge is 0.399 e. The molecule has 3 nitrogen and oxygen atoms in total. The van der Waals surface area contributed by atoms with Crippen LogP contribution >= 0.6 is 11.3 Å². The smallest absolute Gasteiger partial charge is 0.115 e. The lowest BCUT2D eigenvalue weighted by Crippen LogP contribution is -2.06. The van der Waals surface area contributed by atoms with E-state index in [-0.39, 0.29) is 6.04 Å². The maximum Gasteiger partial charge on any atom is 0.115 e. The van der Waals surface area contributed by atoms with Crippen molar-refractivity contribution in [3.63, 3.8) is 0 Å². The molecule has 1 atom stereocenters. The molecule has 0 aliphatic rings. The minimum Gasteiger partial charge on any atom is -0.399 e. The van der Waals surface area contributed by atoms with Crippen LogP contribution in [0.1, 0.15) is 35.3 Å². The van der Waals surface area contributed by atoms with Crippen molar-refractivity contribution in [1.82, 2.24) is 4.98 Å². The fourth-order valence-corrected chi connectivity index (χ4v) is 2.75. The summed E-state index contributed by atoms with van der Waals surface area (Å²) in [7, 11) is 0. The number of nitrogen functional groups attached to an aromatic ring is 1. The summed E-state index contributed by atoms with van der Waals surface area (Å²) >= 11 is 1.76. The van der Waals surface area contributed by atoms with Gasteiger partial charge in [0.2, 0.25) is 0 Å². The zero-order valence-corrected chi connectivity index (χ0v) is 11.8. The molecule has 1 unspecified atom stereocenters. The molecule has 0 saturated carbocycles. The van der Waals surface area contributed by atoms with Gasteiger partial charge in [-0.1, -0.05) is 6.92 Å². The average Bonchev–Trinajstić information content (AvgIpc) is 2.75. The van der Waals surface area contributed by atoms with Gasteiger partial charge in [-0.15, -0.1) is 11.3 Å². The molecule has 0 amide bonds. The Hall–Kier alpha value is -1.55. The first kappa shape index (κ1) is 12.9. The van der Waals surface area contributed by atoms with Crippen molar-refractivity contribution in [2.45, 2.75) is 33.2 Å². The number of thiazole rings is 1. The molecule has 0 spiro atoms. The Balaban J connectivity index is 2.12. The van der Waals surface area contributed by atoms with Crippen LogP contribution < -0.4 is 11.1 Å². The average molecular weight is 261 g/mol. The lowest BCUT2D eigenvalue weighted by Gasteiger charge is -2.13. The van der Waals surface area contributed by atoms with E-state index in [0.29, 0.717) is 0 Å². The van der Waals surface area contributed by atoms with Gasteiger partial charge in [-0.3, -0.25) is 0 Å². The summed E-state index contributed by atoms with van der Waals surface area (Å²) in [5.41, 5.74) is 8.85. The van der Waals surface area contributed by atoms with Crippen molar-refractivity contribution >= 4 is 22.7 Å². The van der Waals surface area contributed by atoms with Crippen molar-refractivity contribution < 1.29 is 0 Å². The number of nitrogens with two attached hydrogens (primary N) is 1. The third-order valence-corrected chi connectivity index (χ3v) is 4.10. The molecule has 3 N–H and O–H groups in total. The van der Waals surface area contributed by atoms with Gasteiger partial charge in [0.1, 0.15) is 5.01 Å². The highest BCUT2D eigenvalue weighted by Gasteiger charge is 2.10. The fourth-order valence-electron chi connectivity index (χ4n) is 1.89. The highest BCUT2D eigenvalue weighted by Crippen LogP contribution is 2.25. The molecule has 1 aromatic carbocycles. The number of aromatic nitrogens is 1. The molecular weight excluding hydrogens is 242 g/mol. The predicted molar refractivity (Wildman–Crippen MR) is 79.1 cm³/mol. The van der Waals surface area contributed by atoms with E-state index in [1.807, 2.05) is 25.3 Å². The molecular formula is C14H19N3S. The molecule has 2 aromatic rings. The van der Waals surface area contributed by atoms with Gasteiger partial charge >= 0.3 is 0 Å². The number of anilines is 2. The number of nitrogens with zero attached hydrogens (tertiary/aromatic N) is 1. The normalized spacial score (nSPS) is 12.4. The summed E-state index contributed by atoms with van der Waals surface area (Å²) in [4.78, 5) is 5.77. The Morgan fingerprint density at radius 3 is 2.78 bits per heavy atom. The summed E-state index contributed by atoms with van der Waals surface area (Å²) in [5.74, 6) is 0. The Morgan fingerprint density at radius 2 is 2.17 bits per heavy atom. The topological polar surface area (TPSA) is 50.9 Å². The molecule has 2 rings (SSSR count). The van der Waals surface area contributed by atoms with Crippen LogP contribution in [0.5, 0.6) is 0 Å². The summed E-state index contributed by atoms with van der Waals surface area (Å²) in [6.45, 7) is 6.32. The van der Waals surface area contributed by atoms with E-state index >= 15 is 0 Å². The molecule has 4 heteroatoms. The van der Waals surface area contributed by atoms with E-state index < -0.39 is 0 Å². The molecule has 0 radical (unpaired) electrons. The zero-order chi connectivity index (χ0) is 13.1. The van der Waals surface area contributed by atoms with Crippen molar-refractivity contribution in [1.29, 1.82) is 0 Å². The van der Waals surface area contributed by atoms with Gasteiger partial charge in [-0.25, -0.2) is 4.98 Å². The molecule has 96 valence electrons. The lowest BCUT2D eigenvalue weighted by atomic mass is 10.2. The van der Waals surface area contributed by atoms with Gasteiger partial charge in [0, 0.05) is 22.4 Å². The maximum atomic E-state index is 5.85. The first-order valence-electron chi connectivity index (χ1n) is 6.16. The van der Waals surface area contributed by atoms with E-state index in [2.05, 4.69) is 30.2 Å². The Morgan fingerprint density at radius 1 is 1.39 bits per heavy atom. The SMILES string of the molecule is CCc1cnc(C(C)Nc2cc(C)cc(N)c2)s1. The number of hydrogen-bond donors (Lipinski definition) is 2. The number of aryl methyl sites for hydroxylation is 2. The van der Waals surface area contributed by atoms with E-state index in [1.165, 1.54) is 4.88 Å². The van der Waals surface area contributed by atoms with Gasteiger partial charge in [0.25, 0.3) is 0 Å². The predicted octanol–water partition coefficient (Wildman–Crippen LogP) is 3.77. The van der Waals surface area contributed by atoms with Gasteiger partial charge in [-0.2, -0.15) is 0 Å². The second-order valence-electron chi connectivity index (χ2n) is 4.52. The molecule has 0 aliphatic carbocycles. The van der Waals surface area contributed by atoms with Crippen LogP contribution in [-0.4, -0.2) is 4.98 Å². The third-order valence-electron chi connectivity index (χ3n) is 2.77. The summed E-state index contributed by atoms with van der Waals surface area (Å²) < 4.78 is 0. The number of hydrogen-bond acceptors (Lipinski definition) is 4. The first-order chi connectivity index (χ1) is 8.58. The van der Waals surface area contributed by atoms with Crippen LogP contribution in [0.15, 0.2) is 24.4 Å². The second-order valence-corrected chi connectivity index (χ2v) is 5.66. The molecule has 0 saturated heterocycles. The summed E-state index contributed by atoms with van der Waals surface area (Å²) in [6, 6.07) is 6.23. The van der Waals surface area contributed by atoms with Crippen molar-refractivity contribution in [2.75, 3.05) is 11.1 Å². The quantitative estimate of drug-likeness (QED) is 0.824. The monoisotopic (exact) mass is 261 g/mol. The van der Waals surface area contributed by atoms with Gasteiger partial charge in [0.05, 0.1) is 6.04 Å². The molecule has 1 aromatic heterocycles. The molecule has 0 bridgehead atoms.